The van der Waals surface area contributed by atoms with Gasteiger partial charge in [0.1, 0.15) is 0 Å². The third kappa shape index (κ3) is 1.37. The highest BCUT2D eigenvalue weighted by atomic mass is 16.4. The molecule has 1 aromatic carbocycles. The molecular formula is C11H12N2O. The summed E-state index contributed by atoms with van der Waals surface area (Å²) in [7, 11) is 0. The third-order valence-corrected chi connectivity index (χ3v) is 2.25. The van der Waals surface area contributed by atoms with Crippen LogP contribution in [0.2, 0.25) is 0 Å². The number of hydrogen-bond acceptors (Lipinski definition) is 3. The summed E-state index contributed by atoms with van der Waals surface area (Å²) in [6.07, 6.45) is 1.66. The Hall–Kier alpha value is -1.77. The number of aromatic nitrogens is 1. The van der Waals surface area contributed by atoms with E-state index < -0.39 is 0 Å². The summed E-state index contributed by atoms with van der Waals surface area (Å²) < 4.78 is 5.30. The van der Waals surface area contributed by atoms with E-state index in [-0.39, 0.29) is 6.01 Å². The average molecular weight is 188 g/mol. The highest BCUT2D eigenvalue weighted by Gasteiger charge is 2.09. The molecule has 0 saturated heterocycles. The second-order valence-corrected chi connectivity index (χ2v) is 3.33. The Morgan fingerprint density at radius 3 is 2.36 bits per heavy atom. The van der Waals surface area contributed by atoms with Gasteiger partial charge < -0.3 is 10.2 Å². The average Bonchev–Trinajstić information content (AvgIpc) is 2.51. The van der Waals surface area contributed by atoms with Crippen LogP contribution in [-0.4, -0.2) is 4.98 Å². The van der Waals surface area contributed by atoms with Gasteiger partial charge in [0.25, 0.3) is 6.01 Å². The first-order chi connectivity index (χ1) is 6.68. The first-order valence-electron chi connectivity index (χ1n) is 4.46. The van der Waals surface area contributed by atoms with Crippen molar-refractivity contribution in [3.8, 4) is 11.3 Å². The van der Waals surface area contributed by atoms with E-state index >= 15 is 0 Å². The Balaban J connectivity index is 2.61. The summed E-state index contributed by atoms with van der Waals surface area (Å²) in [5.41, 5.74) is 8.85. The SMILES string of the molecule is Cc1cccc(C)c1-c1cnc(N)o1. The molecule has 0 aliphatic heterocycles. The van der Waals surface area contributed by atoms with Gasteiger partial charge in [0.15, 0.2) is 5.76 Å². The lowest BCUT2D eigenvalue weighted by Gasteiger charge is -2.05. The Kier molecular flexibility index (Phi) is 2.00. The molecule has 0 unspecified atom stereocenters. The van der Waals surface area contributed by atoms with Crippen LogP contribution in [0, 0.1) is 13.8 Å². The molecule has 2 N–H and O–H groups in total. The number of aryl methyl sites for hydroxylation is 2. The molecule has 1 aromatic heterocycles. The van der Waals surface area contributed by atoms with E-state index in [9.17, 15) is 0 Å². The first-order valence-corrected chi connectivity index (χ1v) is 4.46. The van der Waals surface area contributed by atoms with Gasteiger partial charge in [0.05, 0.1) is 6.20 Å². The summed E-state index contributed by atoms with van der Waals surface area (Å²) in [6.45, 7) is 4.09. The van der Waals surface area contributed by atoms with Gasteiger partial charge in [-0.15, -0.1) is 0 Å². The molecule has 0 fully saturated rings. The molecule has 0 aliphatic rings. The molecule has 0 saturated carbocycles. The number of nitrogens with zero attached hydrogens (tertiary/aromatic N) is 1. The van der Waals surface area contributed by atoms with Gasteiger partial charge in [-0.25, -0.2) is 4.98 Å². The van der Waals surface area contributed by atoms with Crippen molar-refractivity contribution in [2.45, 2.75) is 13.8 Å². The van der Waals surface area contributed by atoms with E-state index in [1.165, 1.54) is 11.1 Å². The summed E-state index contributed by atoms with van der Waals surface area (Å²) in [6, 6.07) is 6.32. The summed E-state index contributed by atoms with van der Waals surface area (Å²) in [4.78, 5) is 3.89. The molecule has 0 atom stereocenters. The third-order valence-electron chi connectivity index (χ3n) is 2.25. The van der Waals surface area contributed by atoms with Crippen molar-refractivity contribution in [3.05, 3.63) is 35.5 Å². The van der Waals surface area contributed by atoms with Gasteiger partial charge in [-0.3, -0.25) is 0 Å². The topological polar surface area (TPSA) is 52.0 Å². The van der Waals surface area contributed by atoms with E-state index in [0.29, 0.717) is 0 Å². The number of hydrogen-bond donors (Lipinski definition) is 1. The lowest BCUT2D eigenvalue weighted by atomic mass is 10.0. The normalized spacial score (nSPS) is 10.4. The van der Waals surface area contributed by atoms with Crippen molar-refractivity contribution in [1.82, 2.24) is 4.98 Å². The van der Waals surface area contributed by atoms with Crippen molar-refractivity contribution in [2.24, 2.45) is 0 Å². The fraction of sp³-hybridized carbons (Fsp3) is 0.182. The smallest absolute Gasteiger partial charge is 0.292 e. The highest BCUT2D eigenvalue weighted by Crippen LogP contribution is 2.27. The number of benzene rings is 1. The first kappa shape index (κ1) is 8.81. The molecule has 2 aromatic rings. The lowest BCUT2D eigenvalue weighted by Crippen LogP contribution is -1.85. The summed E-state index contributed by atoms with van der Waals surface area (Å²) in [5.74, 6) is 0.734. The fourth-order valence-electron chi connectivity index (χ4n) is 1.61. The van der Waals surface area contributed by atoms with Gasteiger partial charge in [-0.2, -0.15) is 0 Å². The Morgan fingerprint density at radius 2 is 1.86 bits per heavy atom. The zero-order valence-corrected chi connectivity index (χ0v) is 8.24. The fourth-order valence-corrected chi connectivity index (χ4v) is 1.61. The van der Waals surface area contributed by atoms with Crippen LogP contribution < -0.4 is 5.73 Å². The lowest BCUT2D eigenvalue weighted by molar-refractivity contribution is 0.594. The molecule has 2 rings (SSSR count). The Bertz CT molecular complexity index is 440. The quantitative estimate of drug-likeness (QED) is 0.748. The predicted octanol–water partition coefficient (Wildman–Crippen LogP) is 2.54. The van der Waals surface area contributed by atoms with Crippen molar-refractivity contribution in [1.29, 1.82) is 0 Å². The maximum Gasteiger partial charge on any atom is 0.292 e. The minimum absolute atomic E-state index is 0.211. The second kappa shape index (κ2) is 3.18. The molecule has 0 radical (unpaired) electrons. The minimum atomic E-state index is 0.211. The number of rotatable bonds is 1. The molecule has 0 amide bonds. The summed E-state index contributed by atoms with van der Waals surface area (Å²) >= 11 is 0. The van der Waals surface area contributed by atoms with E-state index in [0.717, 1.165) is 11.3 Å². The van der Waals surface area contributed by atoms with Crippen LogP contribution in [0.5, 0.6) is 0 Å². The van der Waals surface area contributed by atoms with Crippen molar-refractivity contribution < 1.29 is 4.42 Å². The zero-order chi connectivity index (χ0) is 10.1. The molecule has 14 heavy (non-hydrogen) atoms. The highest BCUT2D eigenvalue weighted by molar-refractivity contribution is 5.65. The van der Waals surface area contributed by atoms with Gasteiger partial charge in [0, 0.05) is 5.56 Å². The molecule has 72 valence electrons. The number of oxazole rings is 1. The van der Waals surface area contributed by atoms with Crippen LogP contribution in [-0.2, 0) is 0 Å². The van der Waals surface area contributed by atoms with Gasteiger partial charge in [-0.1, -0.05) is 18.2 Å². The number of nitrogen functional groups attached to an aromatic ring is 1. The van der Waals surface area contributed by atoms with Gasteiger partial charge in [0.2, 0.25) is 0 Å². The molecule has 0 spiro atoms. The number of anilines is 1. The predicted molar refractivity (Wildman–Crippen MR) is 55.8 cm³/mol. The molecule has 0 bridgehead atoms. The van der Waals surface area contributed by atoms with Crippen molar-refractivity contribution in [2.75, 3.05) is 5.73 Å². The number of nitrogens with two attached hydrogens (primary N) is 1. The van der Waals surface area contributed by atoms with E-state index in [4.69, 9.17) is 10.2 Å². The summed E-state index contributed by atoms with van der Waals surface area (Å²) in [5, 5.41) is 0. The van der Waals surface area contributed by atoms with Crippen LogP contribution in [0.25, 0.3) is 11.3 Å². The van der Waals surface area contributed by atoms with Crippen LogP contribution in [0.1, 0.15) is 11.1 Å². The largest absolute Gasteiger partial charge is 0.424 e. The van der Waals surface area contributed by atoms with E-state index in [1.54, 1.807) is 6.20 Å². The Labute approximate surface area is 82.6 Å². The molecule has 1 heterocycles. The minimum Gasteiger partial charge on any atom is -0.424 e. The van der Waals surface area contributed by atoms with Crippen molar-refractivity contribution in [3.63, 3.8) is 0 Å². The maximum atomic E-state index is 5.44. The van der Waals surface area contributed by atoms with E-state index in [2.05, 4.69) is 4.98 Å². The van der Waals surface area contributed by atoms with Crippen LogP contribution in [0.15, 0.2) is 28.8 Å². The molecule has 0 aliphatic carbocycles. The molecule has 3 nitrogen and oxygen atoms in total. The van der Waals surface area contributed by atoms with Crippen molar-refractivity contribution >= 4 is 6.01 Å². The Morgan fingerprint density at radius 1 is 1.21 bits per heavy atom. The van der Waals surface area contributed by atoms with Crippen LogP contribution in [0.3, 0.4) is 0 Å². The van der Waals surface area contributed by atoms with Crippen LogP contribution in [0.4, 0.5) is 6.01 Å². The van der Waals surface area contributed by atoms with Crippen LogP contribution >= 0.6 is 0 Å². The molecular weight excluding hydrogens is 176 g/mol. The van der Waals surface area contributed by atoms with E-state index in [1.807, 2.05) is 32.0 Å². The zero-order valence-electron chi connectivity index (χ0n) is 8.24. The monoisotopic (exact) mass is 188 g/mol. The molecule has 3 heteroatoms. The van der Waals surface area contributed by atoms with Gasteiger partial charge in [-0.05, 0) is 25.0 Å². The standard InChI is InChI=1S/C11H12N2O/c1-7-4-3-5-8(2)10(7)9-6-13-11(12)14-9/h3-6H,1-2H3,(H2,12,13). The van der Waals surface area contributed by atoms with Gasteiger partial charge >= 0.3 is 0 Å². The maximum absolute atomic E-state index is 5.44. The second-order valence-electron chi connectivity index (χ2n) is 3.33.